The maximum absolute atomic E-state index is 13.7. The number of esters is 1. The lowest BCUT2D eigenvalue weighted by molar-refractivity contribution is -0.228. The van der Waals surface area contributed by atoms with Gasteiger partial charge < -0.3 is 35.2 Å². The Balaban J connectivity index is 1.45. The summed E-state index contributed by atoms with van der Waals surface area (Å²) in [6.45, 7) is 9.80. The Bertz CT molecular complexity index is 2200. The van der Waals surface area contributed by atoms with E-state index in [0.717, 1.165) is 17.1 Å². The highest BCUT2D eigenvalue weighted by Crippen LogP contribution is 2.30. The van der Waals surface area contributed by atoms with Gasteiger partial charge >= 0.3 is 11.9 Å². The molecular formula is C42H57N5O16S. The van der Waals surface area contributed by atoms with E-state index in [1.54, 1.807) is 52.8 Å². The number of carboxylic acids is 1. The zero-order valence-corrected chi connectivity index (χ0v) is 37.3. The van der Waals surface area contributed by atoms with Crippen LogP contribution in [0.4, 0.5) is 0 Å². The van der Waals surface area contributed by atoms with Crippen molar-refractivity contribution in [1.82, 2.24) is 25.2 Å². The molecule has 0 radical (unpaired) electrons. The van der Waals surface area contributed by atoms with Crippen LogP contribution in [-0.4, -0.2) is 137 Å². The van der Waals surface area contributed by atoms with Gasteiger partial charge in [-0.2, -0.15) is 8.42 Å². The highest BCUT2D eigenvalue weighted by molar-refractivity contribution is 7.85. The molecule has 2 aromatic rings. The van der Waals surface area contributed by atoms with Crippen LogP contribution in [0.1, 0.15) is 95.7 Å². The fraction of sp³-hybridized carbons (Fsp3) is 0.595. The Labute approximate surface area is 369 Å². The topological polar surface area (TPSA) is 319 Å². The number of aryl methyl sites for hydroxylation is 2. The second kappa shape index (κ2) is 21.6. The number of aliphatic hydroxyl groups is 3. The molecule has 352 valence electrons. The van der Waals surface area contributed by atoms with Crippen LogP contribution in [0.5, 0.6) is 0 Å². The summed E-state index contributed by atoms with van der Waals surface area (Å²) in [7, 11) is -4.23. The monoisotopic (exact) mass is 919 g/mol. The Hall–Kier alpha value is -5.26. The van der Waals surface area contributed by atoms with Gasteiger partial charge in [-0.15, -0.1) is 5.10 Å². The van der Waals surface area contributed by atoms with Crippen molar-refractivity contribution in [1.29, 1.82) is 0 Å². The van der Waals surface area contributed by atoms with Gasteiger partial charge in [0.25, 0.3) is 21.9 Å². The second-order valence-electron chi connectivity index (χ2n) is 17.5. The predicted octanol–water partition coefficient (Wildman–Crippen LogP) is 0.417. The molecular weight excluding hydrogens is 863 g/mol. The largest absolute Gasteiger partial charge is 0.479 e. The average molecular weight is 920 g/mol. The Kier molecular flexibility index (Phi) is 17.3. The zero-order valence-electron chi connectivity index (χ0n) is 36.4. The fourth-order valence-corrected chi connectivity index (χ4v) is 7.67. The Morgan fingerprint density at radius 1 is 0.953 bits per heavy atom. The number of aromatic nitrogens is 3. The van der Waals surface area contributed by atoms with E-state index in [1.807, 2.05) is 0 Å². The van der Waals surface area contributed by atoms with Gasteiger partial charge in [0.15, 0.2) is 11.9 Å². The number of ketones is 2. The van der Waals surface area contributed by atoms with E-state index in [1.165, 1.54) is 17.8 Å². The number of imide groups is 1. The highest BCUT2D eigenvalue weighted by Gasteiger charge is 2.46. The quantitative estimate of drug-likeness (QED) is 0.0529. The molecule has 0 saturated carbocycles. The number of hydrogen-bond acceptors (Lipinski definition) is 16. The van der Waals surface area contributed by atoms with Crippen molar-refractivity contribution in [3.8, 4) is 0 Å². The van der Waals surface area contributed by atoms with Gasteiger partial charge in [-0.1, -0.05) is 37.3 Å². The molecule has 3 heterocycles. The molecule has 1 saturated heterocycles. The summed E-state index contributed by atoms with van der Waals surface area (Å²) in [6, 6.07) is 2.69. The van der Waals surface area contributed by atoms with Crippen molar-refractivity contribution < 1.29 is 76.4 Å². The van der Waals surface area contributed by atoms with Crippen molar-refractivity contribution in [3.05, 3.63) is 58.9 Å². The van der Waals surface area contributed by atoms with E-state index in [-0.39, 0.29) is 50.9 Å². The fourth-order valence-electron chi connectivity index (χ4n) is 7.18. The van der Waals surface area contributed by atoms with Crippen LogP contribution in [0.25, 0.3) is 0 Å². The second-order valence-corrected chi connectivity index (χ2v) is 19.1. The third-order valence-corrected chi connectivity index (χ3v) is 11.8. The number of aliphatic hydroxyl groups excluding tert-OH is 3. The lowest BCUT2D eigenvalue weighted by Crippen LogP contribution is -2.59. The van der Waals surface area contributed by atoms with E-state index in [4.69, 9.17) is 14.0 Å². The van der Waals surface area contributed by atoms with Gasteiger partial charge in [-0.3, -0.25) is 42.9 Å². The molecule has 0 spiro atoms. The minimum absolute atomic E-state index is 0.0109. The average Bonchev–Trinajstić information content (AvgIpc) is 3.81. The number of rotatable bonds is 22. The molecule has 4 rings (SSSR count). The summed E-state index contributed by atoms with van der Waals surface area (Å²) in [5.74, 6) is -6.84. The van der Waals surface area contributed by atoms with Crippen LogP contribution >= 0.6 is 0 Å². The van der Waals surface area contributed by atoms with E-state index in [0.29, 0.717) is 16.7 Å². The first-order valence-electron chi connectivity index (χ1n) is 20.7. The number of Topliss-reactive ketones (excluding diaryl/α,β-unsaturated/α-hetero) is 2. The van der Waals surface area contributed by atoms with Gasteiger partial charge in [-0.05, 0) is 69.6 Å². The van der Waals surface area contributed by atoms with Crippen LogP contribution in [0.2, 0.25) is 0 Å². The van der Waals surface area contributed by atoms with Crippen LogP contribution in [0.15, 0.2) is 36.5 Å². The van der Waals surface area contributed by atoms with Crippen molar-refractivity contribution in [2.45, 2.75) is 136 Å². The van der Waals surface area contributed by atoms with Gasteiger partial charge in [-0.25, -0.2) is 4.79 Å². The maximum Gasteiger partial charge on any atom is 0.335 e. The molecule has 2 aliphatic rings. The minimum atomic E-state index is -4.23. The molecule has 1 aromatic carbocycles. The molecule has 0 bridgehead atoms. The highest BCUT2D eigenvalue weighted by atomic mass is 32.2. The Morgan fingerprint density at radius 3 is 2.20 bits per heavy atom. The molecule has 6 N–H and O–H groups in total. The number of hydrogen-bond donors (Lipinski definition) is 6. The molecule has 0 unspecified atom stereocenters. The summed E-state index contributed by atoms with van der Waals surface area (Å²) in [5.41, 5.74) is 0.833. The Morgan fingerprint density at radius 2 is 1.61 bits per heavy atom. The number of benzene rings is 1. The van der Waals surface area contributed by atoms with Crippen LogP contribution in [-0.2, 0) is 79.1 Å². The van der Waals surface area contributed by atoms with Crippen molar-refractivity contribution in [2.75, 3.05) is 5.75 Å². The third kappa shape index (κ3) is 13.9. The number of ether oxygens (including phenoxy) is 2. The first-order chi connectivity index (χ1) is 29.8. The number of amides is 3. The van der Waals surface area contributed by atoms with E-state index in [9.17, 15) is 62.4 Å². The molecule has 8 atom stereocenters. The number of carbonyl (C=O) groups is 7. The first kappa shape index (κ1) is 51.4. The number of aliphatic carboxylic acids is 1. The van der Waals surface area contributed by atoms with Gasteiger partial charge in [0.05, 0.1) is 35.6 Å². The molecule has 64 heavy (non-hydrogen) atoms. The zero-order chi connectivity index (χ0) is 47.8. The molecule has 22 heteroatoms. The minimum Gasteiger partial charge on any atom is -0.479 e. The molecule has 1 fully saturated rings. The number of nitrogens with one attached hydrogen (secondary N) is 1. The molecule has 3 amide bonds. The molecule has 2 aliphatic heterocycles. The normalized spacial score (nSPS) is 21.7. The van der Waals surface area contributed by atoms with E-state index >= 15 is 0 Å². The van der Waals surface area contributed by atoms with Gasteiger partial charge in [0.2, 0.25) is 5.91 Å². The van der Waals surface area contributed by atoms with E-state index in [2.05, 4.69) is 15.6 Å². The standard InChI is InChI=1S/C42H57N5O16S/c1-22(2)28(18-27(48)19-30(47-33(50)12-13-34(47)51)29-20-46(45-44-29)14-7-15-64(59,60)61)39(55)43-23(3)31(49)17-24-8-9-26(21-62-41(58)42(4,5)6)25(16-24)10-11-32-35(52)36(53)37(54)38(63-32)40(56)57/h8-9,12-13,16,20,22-23,28,30,32,35-38,52-54H,7,10-11,14-15,17-19,21H2,1-6H3,(H,43,55)(H,56,57)(H,59,60,61)/t23-,28-,30-,32-,35-,36+,37-,38-/m0/s1. The summed E-state index contributed by atoms with van der Waals surface area (Å²) < 4.78 is 43.5. The van der Waals surface area contributed by atoms with Crippen LogP contribution in [0, 0.1) is 17.3 Å². The summed E-state index contributed by atoms with van der Waals surface area (Å²) >= 11 is 0. The smallest absolute Gasteiger partial charge is 0.335 e. The molecule has 21 nitrogen and oxygen atoms in total. The van der Waals surface area contributed by atoms with Gasteiger partial charge in [0.1, 0.15) is 36.4 Å². The lowest BCUT2D eigenvalue weighted by atomic mass is 9.87. The molecule has 0 aliphatic carbocycles. The van der Waals surface area contributed by atoms with Crippen molar-refractivity contribution >= 4 is 51.3 Å². The summed E-state index contributed by atoms with van der Waals surface area (Å²) in [5, 5.41) is 51.1. The van der Waals surface area contributed by atoms with E-state index < -0.39 is 123 Å². The SMILES string of the molecule is CC(C)[C@H](CC(=O)C[C@@H](c1cn(CCCS(=O)(=O)O)nn1)N1C(=O)C=CC1=O)C(=O)N[C@@H](C)C(=O)Cc1ccc(COC(=O)C(C)(C)C)c(CC[C@@H]2O[C@H](C(=O)O)[C@@H](O)[C@H](O)[C@H]2O)c1. The van der Waals surface area contributed by atoms with Gasteiger partial charge in [0, 0.05) is 43.9 Å². The predicted molar refractivity (Wildman–Crippen MR) is 222 cm³/mol. The number of carboxylic acid groups (broad SMARTS) is 1. The van der Waals surface area contributed by atoms with Crippen LogP contribution in [0.3, 0.4) is 0 Å². The van der Waals surface area contributed by atoms with Crippen molar-refractivity contribution in [2.24, 2.45) is 17.3 Å². The summed E-state index contributed by atoms with van der Waals surface area (Å²) in [6.07, 6.45) is -5.75. The number of carbonyl (C=O) groups excluding carboxylic acids is 6. The number of nitrogens with zero attached hydrogens (tertiary/aromatic N) is 4. The van der Waals surface area contributed by atoms with Crippen LogP contribution < -0.4 is 5.32 Å². The maximum atomic E-state index is 13.7. The third-order valence-electron chi connectivity index (χ3n) is 11.0. The first-order valence-corrected chi connectivity index (χ1v) is 22.3. The summed E-state index contributed by atoms with van der Waals surface area (Å²) in [4.78, 5) is 91.4. The van der Waals surface area contributed by atoms with Crippen molar-refractivity contribution in [3.63, 3.8) is 0 Å². The molecule has 1 aromatic heterocycles. The lowest BCUT2D eigenvalue weighted by Gasteiger charge is -2.39.